The zero-order valence-corrected chi connectivity index (χ0v) is 12.2. The van der Waals surface area contributed by atoms with E-state index in [1.54, 1.807) is 6.92 Å². The average Bonchev–Trinajstić information content (AvgIpc) is 2.44. The van der Waals surface area contributed by atoms with Gasteiger partial charge in [-0.05, 0) is 26.3 Å². The molecule has 0 aliphatic rings. The smallest absolute Gasteiger partial charge is 0.311 e. The molecule has 0 bridgehead atoms. The summed E-state index contributed by atoms with van der Waals surface area (Å²) >= 11 is 0. The fraction of sp³-hybridized carbons (Fsp3) is 0.429. The Kier molecular flexibility index (Phi) is 5.02. The molecule has 7 nitrogen and oxygen atoms in total. The number of amides is 1. The lowest BCUT2D eigenvalue weighted by Crippen LogP contribution is -2.40. The van der Waals surface area contributed by atoms with Gasteiger partial charge in [0.1, 0.15) is 0 Å². The van der Waals surface area contributed by atoms with Gasteiger partial charge in [-0.3, -0.25) is 19.7 Å². The number of carbonyl (C=O) groups is 2. The van der Waals surface area contributed by atoms with Crippen LogP contribution in [-0.2, 0) is 4.79 Å². The van der Waals surface area contributed by atoms with Crippen LogP contribution >= 0.6 is 0 Å². The summed E-state index contributed by atoms with van der Waals surface area (Å²) in [5, 5.41) is 22.5. The number of nitrogens with zero attached hydrogens (tertiary/aromatic N) is 1. The van der Waals surface area contributed by atoms with E-state index >= 15 is 0 Å². The average molecular weight is 294 g/mol. The number of nitro benzene ring substituents is 1. The van der Waals surface area contributed by atoms with Crippen molar-refractivity contribution in [3.8, 4) is 0 Å². The van der Waals surface area contributed by atoms with Gasteiger partial charge in [-0.2, -0.15) is 0 Å². The number of aliphatic carboxylic acids is 1. The molecule has 0 saturated heterocycles. The largest absolute Gasteiger partial charge is 0.481 e. The van der Waals surface area contributed by atoms with Crippen LogP contribution in [0.4, 0.5) is 5.69 Å². The van der Waals surface area contributed by atoms with Crippen molar-refractivity contribution in [1.29, 1.82) is 0 Å². The number of benzene rings is 1. The Morgan fingerprint density at radius 2 is 2.05 bits per heavy atom. The molecular formula is C14H18N2O5. The van der Waals surface area contributed by atoms with Crippen LogP contribution in [0.15, 0.2) is 18.2 Å². The summed E-state index contributed by atoms with van der Waals surface area (Å²) < 4.78 is 0. The molecule has 0 spiro atoms. The van der Waals surface area contributed by atoms with Crippen molar-refractivity contribution in [2.75, 3.05) is 6.54 Å². The van der Waals surface area contributed by atoms with Crippen LogP contribution in [0.1, 0.15) is 36.2 Å². The predicted molar refractivity (Wildman–Crippen MR) is 76.2 cm³/mol. The quantitative estimate of drug-likeness (QED) is 0.617. The molecule has 2 N–H and O–H groups in total. The molecule has 1 aromatic carbocycles. The molecule has 0 aliphatic carbocycles. The molecule has 1 unspecified atom stereocenters. The summed E-state index contributed by atoms with van der Waals surface area (Å²) in [6.07, 6.45) is 0.358. The van der Waals surface area contributed by atoms with Gasteiger partial charge in [0.05, 0.1) is 10.3 Å². The first kappa shape index (κ1) is 16.6. The number of carboxylic acid groups (broad SMARTS) is 1. The van der Waals surface area contributed by atoms with Crippen molar-refractivity contribution in [2.45, 2.75) is 27.2 Å². The topological polar surface area (TPSA) is 110 Å². The van der Waals surface area contributed by atoms with Crippen LogP contribution in [-0.4, -0.2) is 28.5 Å². The summed E-state index contributed by atoms with van der Waals surface area (Å²) in [5.74, 6) is -1.52. The van der Waals surface area contributed by atoms with E-state index in [2.05, 4.69) is 5.32 Å². The second-order valence-corrected chi connectivity index (χ2v) is 5.11. The summed E-state index contributed by atoms with van der Waals surface area (Å²) in [6.45, 7) is 4.71. The number of nitro groups is 1. The van der Waals surface area contributed by atoms with E-state index < -0.39 is 22.2 Å². The Morgan fingerprint density at radius 1 is 1.43 bits per heavy atom. The van der Waals surface area contributed by atoms with Gasteiger partial charge < -0.3 is 10.4 Å². The van der Waals surface area contributed by atoms with E-state index in [0.717, 1.165) is 0 Å². The fourth-order valence-electron chi connectivity index (χ4n) is 1.79. The Labute approximate surface area is 122 Å². The monoisotopic (exact) mass is 294 g/mol. The van der Waals surface area contributed by atoms with Crippen molar-refractivity contribution < 1.29 is 19.6 Å². The van der Waals surface area contributed by atoms with Crippen molar-refractivity contribution in [1.82, 2.24) is 5.32 Å². The lowest BCUT2D eigenvalue weighted by Gasteiger charge is -2.23. The van der Waals surface area contributed by atoms with Crippen molar-refractivity contribution >= 4 is 17.6 Å². The summed E-state index contributed by atoms with van der Waals surface area (Å²) in [7, 11) is 0. The summed E-state index contributed by atoms with van der Waals surface area (Å²) in [4.78, 5) is 33.6. The molecule has 0 radical (unpaired) electrons. The molecule has 0 fully saturated rings. The summed E-state index contributed by atoms with van der Waals surface area (Å²) in [6, 6.07) is 4.22. The van der Waals surface area contributed by atoms with Crippen molar-refractivity contribution in [3.05, 3.63) is 39.4 Å². The molecule has 1 atom stereocenters. The normalized spacial score (nSPS) is 13.3. The molecule has 1 rings (SSSR count). The van der Waals surface area contributed by atoms with E-state index in [0.29, 0.717) is 6.42 Å². The molecule has 7 heteroatoms. The third-order valence-electron chi connectivity index (χ3n) is 3.68. The number of hydrogen-bond acceptors (Lipinski definition) is 4. The van der Waals surface area contributed by atoms with Crippen molar-refractivity contribution in [3.63, 3.8) is 0 Å². The second kappa shape index (κ2) is 6.34. The van der Waals surface area contributed by atoms with Crippen LogP contribution in [0.2, 0.25) is 0 Å². The number of rotatable bonds is 6. The molecule has 1 amide bonds. The van der Waals surface area contributed by atoms with Gasteiger partial charge in [0.2, 0.25) is 0 Å². The molecule has 114 valence electrons. The highest BCUT2D eigenvalue weighted by Gasteiger charge is 2.31. The Bertz CT molecular complexity index is 585. The first-order chi connectivity index (χ1) is 9.73. The van der Waals surface area contributed by atoms with Crippen LogP contribution in [0, 0.1) is 22.5 Å². The SMILES string of the molecule is CCC(C)(CNC(=O)c1cccc([N+](=O)[O-])c1C)C(=O)O. The van der Waals surface area contributed by atoms with Crippen LogP contribution in [0.25, 0.3) is 0 Å². The van der Waals surface area contributed by atoms with Crippen LogP contribution < -0.4 is 5.32 Å². The van der Waals surface area contributed by atoms with Crippen molar-refractivity contribution in [2.24, 2.45) is 5.41 Å². The minimum atomic E-state index is -1.07. The maximum atomic E-state index is 12.1. The van der Waals surface area contributed by atoms with E-state index in [4.69, 9.17) is 5.11 Å². The molecule has 0 heterocycles. The first-order valence-electron chi connectivity index (χ1n) is 6.48. The van der Waals surface area contributed by atoms with Gasteiger partial charge in [-0.1, -0.05) is 13.0 Å². The summed E-state index contributed by atoms with van der Waals surface area (Å²) in [5.41, 5.74) is -0.773. The Hall–Kier alpha value is -2.44. The Balaban J connectivity index is 2.94. The number of hydrogen-bond donors (Lipinski definition) is 2. The molecule has 0 saturated carbocycles. The maximum Gasteiger partial charge on any atom is 0.311 e. The van der Waals surface area contributed by atoms with Gasteiger partial charge in [0.15, 0.2) is 0 Å². The fourth-order valence-corrected chi connectivity index (χ4v) is 1.79. The highest BCUT2D eigenvalue weighted by Crippen LogP contribution is 2.23. The zero-order chi connectivity index (χ0) is 16.2. The standard InChI is InChI=1S/C14H18N2O5/c1-4-14(3,13(18)19)8-15-12(17)10-6-5-7-11(9(10)2)16(20)21/h5-7H,4,8H2,1-3H3,(H,15,17)(H,18,19). The van der Waals surface area contributed by atoms with E-state index in [1.165, 1.54) is 32.0 Å². The molecular weight excluding hydrogens is 276 g/mol. The third-order valence-corrected chi connectivity index (χ3v) is 3.68. The minimum Gasteiger partial charge on any atom is -0.481 e. The van der Waals surface area contributed by atoms with E-state index in [-0.39, 0.29) is 23.4 Å². The van der Waals surface area contributed by atoms with Crippen LogP contribution in [0.5, 0.6) is 0 Å². The molecule has 0 aromatic heterocycles. The van der Waals surface area contributed by atoms with E-state index in [9.17, 15) is 19.7 Å². The van der Waals surface area contributed by atoms with Gasteiger partial charge in [-0.25, -0.2) is 0 Å². The highest BCUT2D eigenvalue weighted by atomic mass is 16.6. The number of carbonyl (C=O) groups excluding carboxylic acids is 1. The predicted octanol–water partition coefficient (Wildman–Crippen LogP) is 2.13. The van der Waals surface area contributed by atoms with Crippen LogP contribution in [0.3, 0.4) is 0 Å². The third kappa shape index (κ3) is 3.56. The lowest BCUT2D eigenvalue weighted by atomic mass is 9.87. The molecule has 1 aromatic rings. The van der Waals surface area contributed by atoms with Gasteiger partial charge >= 0.3 is 5.97 Å². The first-order valence-corrected chi connectivity index (χ1v) is 6.48. The Morgan fingerprint density at radius 3 is 2.52 bits per heavy atom. The van der Waals surface area contributed by atoms with Gasteiger partial charge in [0, 0.05) is 23.7 Å². The number of nitrogens with one attached hydrogen (secondary N) is 1. The minimum absolute atomic E-state index is 0.0419. The van der Waals surface area contributed by atoms with E-state index in [1.807, 2.05) is 0 Å². The second-order valence-electron chi connectivity index (χ2n) is 5.11. The number of carboxylic acids is 1. The maximum absolute atomic E-state index is 12.1. The van der Waals surface area contributed by atoms with Gasteiger partial charge in [-0.15, -0.1) is 0 Å². The molecule has 0 aliphatic heterocycles. The van der Waals surface area contributed by atoms with Gasteiger partial charge in [0.25, 0.3) is 11.6 Å². The molecule has 21 heavy (non-hydrogen) atoms. The zero-order valence-electron chi connectivity index (χ0n) is 12.2. The highest BCUT2D eigenvalue weighted by molar-refractivity contribution is 5.96. The lowest BCUT2D eigenvalue weighted by molar-refractivity contribution is -0.385.